The average molecular weight is 284 g/mol. The van der Waals surface area contributed by atoms with Crippen LogP contribution in [0.5, 0.6) is 0 Å². The van der Waals surface area contributed by atoms with Crippen molar-refractivity contribution in [3.05, 3.63) is 36.0 Å². The molecule has 0 bridgehead atoms. The Labute approximate surface area is 124 Å². The van der Waals surface area contributed by atoms with E-state index in [-0.39, 0.29) is 5.91 Å². The van der Waals surface area contributed by atoms with Crippen LogP contribution in [-0.2, 0) is 0 Å². The molecule has 2 N–H and O–H groups in total. The molecule has 0 saturated carbocycles. The summed E-state index contributed by atoms with van der Waals surface area (Å²) in [5, 5.41) is 7.90. The van der Waals surface area contributed by atoms with Crippen LogP contribution in [0.1, 0.15) is 16.8 Å². The fourth-order valence-electron chi connectivity index (χ4n) is 2.71. The van der Waals surface area contributed by atoms with Crippen LogP contribution in [0.2, 0.25) is 0 Å². The largest absolute Gasteiger partial charge is 0.380 e. The van der Waals surface area contributed by atoms with Gasteiger partial charge in [-0.15, -0.1) is 0 Å². The first kappa shape index (κ1) is 13.8. The Hall–Kier alpha value is -2.14. The molecule has 110 valence electrons. The molecule has 1 aliphatic rings. The summed E-state index contributed by atoms with van der Waals surface area (Å²) in [5.74, 6) is -0.0206. The number of nitrogens with zero attached hydrogens (tertiary/aromatic N) is 2. The molecule has 2 heterocycles. The first-order valence-electron chi connectivity index (χ1n) is 7.23. The standard InChI is InChI=1S/C16H20N4O/c1-20(2)16(21)13-5-6-14(19-11-7-9-17-10-11)12-4-3-8-18-15(12)13/h3-6,8,11,17,19H,7,9-10H2,1-2H3/t11-/m0/s1. The molecule has 5 heteroatoms. The van der Waals surface area contributed by atoms with Crippen molar-refractivity contribution in [1.82, 2.24) is 15.2 Å². The highest BCUT2D eigenvalue weighted by molar-refractivity contribution is 6.08. The lowest BCUT2D eigenvalue weighted by atomic mass is 10.1. The van der Waals surface area contributed by atoms with Gasteiger partial charge >= 0.3 is 0 Å². The van der Waals surface area contributed by atoms with E-state index in [0.29, 0.717) is 11.6 Å². The van der Waals surface area contributed by atoms with Crippen molar-refractivity contribution >= 4 is 22.5 Å². The number of carbonyl (C=O) groups is 1. The van der Waals surface area contributed by atoms with Crippen LogP contribution in [0.3, 0.4) is 0 Å². The topological polar surface area (TPSA) is 57.3 Å². The molecule has 0 unspecified atom stereocenters. The molecular formula is C16H20N4O. The Morgan fingerprint density at radius 2 is 2.24 bits per heavy atom. The molecule has 21 heavy (non-hydrogen) atoms. The lowest BCUT2D eigenvalue weighted by Crippen LogP contribution is -2.23. The predicted octanol–water partition coefficient (Wildman–Crippen LogP) is 1.71. The van der Waals surface area contributed by atoms with E-state index in [4.69, 9.17) is 0 Å². The Balaban J connectivity index is 2.03. The number of aromatic nitrogens is 1. The Morgan fingerprint density at radius 3 is 2.95 bits per heavy atom. The van der Waals surface area contributed by atoms with E-state index in [9.17, 15) is 4.79 Å². The Bertz CT molecular complexity index is 662. The summed E-state index contributed by atoms with van der Waals surface area (Å²) < 4.78 is 0. The van der Waals surface area contributed by atoms with Crippen LogP contribution in [0.15, 0.2) is 30.5 Å². The molecule has 1 atom stereocenters. The number of amides is 1. The molecule has 0 aliphatic carbocycles. The number of pyridine rings is 1. The van der Waals surface area contributed by atoms with Crippen molar-refractivity contribution in [2.45, 2.75) is 12.5 Å². The molecule has 1 saturated heterocycles. The highest BCUT2D eigenvalue weighted by atomic mass is 16.2. The number of hydrogen-bond donors (Lipinski definition) is 2. The minimum atomic E-state index is -0.0206. The van der Waals surface area contributed by atoms with Crippen molar-refractivity contribution in [3.63, 3.8) is 0 Å². The van der Waals surface area contributed by atoms with E-state index in [1.54, 1.807) is 25.2 Å². The molecule has 0 radical (unpaired) electrons. The van der Waals surface area contributed by atoms with Crippen molar-refractivity contribution < 1.29 is 4.79 Å². The molecule has 0 spiro atoms. The van der Waals surface area contributed by atoms with Crippen molar-refractivity contribution in [2.24, 2.45) is 0 Å². The number of carbonyl (C=O) groups excluding carboxylic acids is 1. The predicted molar refractivity (Wildman–Crippen MR) is 84.7 cm³/mol. The van der Waals surface area contributed by atoms with Gasteiger partial charge in [0.05, 0.1) is 11.1 Å². The zero-order chi connectivity index (χ0) is 14.8. The zero-order valence-corrected chi connectivity index (χ0v) is 12.4. The molecule has 2 aromatic rings. The summed E-state index contributed by atoms with van der Waals surface area (Å²) in [7, 11) is 3.51. The maximum Gasteiger partial charge on any atom is 0.255 e. The summed E-state index contributed by atoms with van der Waals surface area (Å²) in [4.78, 5) is 18.3. The highest BCUT2D eigenvalue weighted by Gasteiger charge is 2.18. The van der Waals surface area contributed by atoms with Gasteiger partial charge in [0.2, 0.25) is 0 Å². The number of nitrogens with one attached hydrogen (secondary N) is 2. The third-order valence-electron chi connectivity index (χ3n) is 3.83. The molecule has 3 rings (SSSR count). The van der Waals surface area contributed by atoms with Gasteiger partial charge in [-0.3, -0.25) is 9.78 Å². The van der Waals surface area contributed by atoms with Crippen molar-refractivity contribution in [2.75, 3.05) is 32.5 Å². The maximum atomic E-state index is 12.3. The Morgan fingerprint density at radius 1 is 1.38 bits per heavy atom. The van der Waals surface area contributed by atoms with E-state index in [0.717, 1.165) is 36.1 Å². The molecule has 5 nitrogen and oxygen atoms in total. The van der Waals surface area contributed by atoms with E-state index in [2.05, 4.69) is 15.6 Å². The van der Waals surface area contributed by atoms with E-state index < -0.39 is 0 Å². The van der Waals surface area contributed by atoms with Crippen LogP contribution < -0.4 is 10.6 Å². The van der Waals surface area contributed by atoms with Crippen molar-refractivity contribution in [1.29, 1.82) is 0 Å². The summed E-state index contributed by atoms with van der Waals surface area (Å²) in [6, 6.07) is 8.20. The number of fused-ring (bicyclic) bond motifs is 1. The fraction of sp³-hybridized carbons (Fsp3) is 0.375. The second-order valence-corrected chi connectivity index (χ2v) is 5.59. The van der Waals surface area contributed by atoms with Crippen LogP contribution in [0.25, 0.3) is 10.9 Å². The molecule has 1 fully saturated rings. The van der Waals surface area contributed by atoms with Crippen LogP contribution in [0, 0.1) is 0 Å². The van der Waals surface area contributed by atoms with Gasteiger partial charge in [-0.25, -0.2) is 0 Å². The summed E-state index contributed by atoms with van der Waals surface area (Å²) in [5.41, 5.74) is 2.44. The molecule has 1 aromatic heterocycles. The van der Waals surface area contributed by atoms with Gasteiger partial charge < -0.3 is 15.5 Å². The summed E-state index contributed by atoms with van der Waals surface area (Å²) >= 11 is 0. The van der Waals surface area contributed by atoms with Crippen LogP contribution in [-0.4, -0.2) is 49.0 Å². The van der Waals surface area contributed by atoms with Crippen molar-refractivity contribution in [3.8, 4) is 0 Å². The SMILES string of the molecule is CN(C)C(=O)c1ccc(N[C@H]2CCNC2)c2cccnc12. The highest BCUT2D eigenvalue weighted by Crippen LogP contribution is 2.26. The third kappa shape index (κ3) is 2.69. The lowest BCUT2D eigenvalue weighted by molar-refractivity contribution is 0.0829. The van der Waals surface area contributed by atoms with Gasteiger partial charge in [0, 0.05) is 44.0 Å². The minimum absolute atomic E-state index is 0.0206. The summed E-state index contributed by atoms with van der Waals surface area (Å²) in [6.07, 6.45) is 2.84. The second-order valence-electron chi connectivity index (χ2n) is 5.59. The van der Waals surface area contributed by atoms with Gasteiger partial charge in [0.1, 0.15) is 0 Å². The number of rotatable bonds is 3. The molecule has 1 aliphatic heterocycles. The first-order chi connectivity index (χ1) is 10.2. The van der Waals surface area contributed by atoms with Crippen LogP contribution >= 0.6 is 0 Å². The van der Waals surface area contributed by atoms with Gasteiger partial charge in [-0.05, 0) is 37.2 Å². The van der Waals surface area contributed by atoms with Gasteiger partial charge in [0.25, 0.3) is 5.91 Å². The quantitative estimate of drug-likeness (QED) is 0.901. The molecule has 1 aromatic carbocycles. The van der Waals surface area contributed by atoms with E-state index in [1.165, 1.54) is 0 Å². The maximum absolute atomic E-state index is 12.3. The first-order valence-corrected chi connectivity index (χ1v) is 7.23. The van der Waals surface area contributed by atoms with Gasteiger partial charge in [0.15, 0.2) is 0 Å². The second kappa shape index (κ2) is 5.69. The zero-order valence-electron chi connectivity index (χ0n) is 12.4. The van der Waals surface area contributed by atoms with E-state index >= 15 is 0 Å². The average Bonchev–Trinajstić information content (AvgIpc) is 3.00. The normalized spacial score (nSPS) is 17.9. The monoisotopic (exact) mass is 284 g/mol. The van der Waals surface area contributed by atoms with E-state index in [1.807, 2.05) is 24.3 Å². The smallest absolute Gasteiger partial charge is 0.255 e. The van der Waals surface area contributed by atoms with Gasteiger partial charge in [-0.1, -0.05) is 0 Å². The van der Waals surface area contributed by atoms with Crippen LogP contribution in [0.4, 0.5) is 5.69 Å². The summed E-state index contributed by atoms with van der Waals surface area (Å²) in [6.45, 7) is 2.02. The minimum Gasteiger partial charge on any atom is -0.380 e. The molecule has 1 amide bonds. The van der Waals surface area contributed by atoms with Gasteiger partial charge in [-0.2, -0.15) is 0 Å². The third-order valence-corrected chi connectivity index (χ3v) is 3.83. The lowest BCUT2D eigenvalue weighted by Gasteiger charge is -2.17. The number of anilines is 1. The fourth-order valence-corrected chi connectivity index (χ4v) is 2.71. The number of hydrogen-bond acceptors (Lipinski definition) is 4. The molecular weight excluding hydrogens is 264 g/mol. The Kier molecular flexibility index (Phi) is 3.75. The number of benzene rings is 1.